The summed E-state index contributed by atoms with van der Waals surface area (Å²) in [6, 6.07) is 4.19. The molecule has 17 heavy (non-hydrogen) atoms. The Morgan fingerprint density at radius 1 is 1.24 bits per heavy atom. The summed E-state index contributed by atoms with van der Waals surface area (Å²) >= 11 is 0. The van der Waals surface area contributed by atoms with Gasteiger partial charge in [-0.15, -0.1) is 0 Å². The minimum atomic E-state index is -0.423. The van der Waals surface area contributed by atoms with Gasteiger partial charge in [-0.3, -0.25) is 19.8 Å². The van der Waals surface area contributed by atoms with Crippen molar-refractivity contribution in [2.45, 2.75) is 6.54 Å². The van der Waals surface area contributed by atoms with E-state index in [1.165, 1.54) is 12.1 Å². The van der Waals surface area contributed by atoms with Gasteiger partial charge in [0.1, 0.15) is 5.82 Å². The molecule has 2 rings (SSSR count). The Balaban J connectivity index is 2.09. The second-order valence-electron chi connectivity index (χ2n) is 4.01. The van der Waals surface area contributed by atoms with Gasteiger partial charge in [0.05, 0.1) is 13.1 Å². The van der Waals surface area contributed by atoms with E-state index in [0.717, 1.165) is 0 Å². The van der Waals surface area contributed by atoms with Crippen LogP contribution in [0.2, 0.25) is 0 Å². The highest BCUT2D eigenvalue weighted by Gasteiger charge is 2.22. The zero-order chi connectivity index (χ0) is 12.4. The fourth-order valence-electron chi connectivity index (χ4n) is 1.83. The third-order valence-corrected chi connectivity index (χ3v) is 2.40. The van der Waals surface area contributed by atoms with E-state index in [1.807, 2.05) is 0 Å². The van der Waals surface area contributed by atoms with Gasteiger partial charge in [-0.2, -0.15) is 0 Å². The summed E-state index contributed by atoms with van der Waals surface area (Å²) in [6.45, 7) is 0.575. The van der Waals surface area contributed by atoms with Crippen molar-refractivity contribution in [3.05, 3.63) is 29.6 Å². The summed E-state index contributed by atoms with van der Waals surface area (Å²) in [6.07, 6.45) is 0. The lowest BCUT2D eigenvalue weighted by molar-refractivity contribution is -0.136. The molecule has 1 aliphatic heterocycles. The van der Waals surface area contributed by atoms with Crippen LogP contribution < -0.4 is 11.1 Å². The average molecular weight is 237 g/mol. The molecule has 1 aliphatic rings. The van der Waals surface area contributed by atoms with Crippen LogP contribution >= 0.6 is 0 Å². The highest BCUT2D eigenvalue weighted by molar-refractivity contribution is 5.99. The van der Waals surface area contributed by atoms with E-state index in [0.29, 0.717) is 17.8 Å². The molecule has 2 amide bonds. The number of hydrogen-bond donors (Lipinski definition) is 2. The first-order valence-corrected chi connectivity index (χ1v) is 5.13. The molecule has 3 N–H and O–H groups in total. The van der Waals surface area contributed by atoms with Crippen LogP contribution in [0.4, 0.5) is 10.1 Å². The third-order valence-electron chi connectivity index (χ3n) is 2.40. The van der Waals surface area contributed by atoms with Gasteiger partial charge >= 0.3 is 0 Å². The number of halogens is 1. The van der Waals surface area contributed by atoms with Crippen molar-refractivity contribution in [3.8, 4) is 0 Å². The summed E-state index contributed by atoms with van der Waals surface area (Å²) in [4.78, 5) is 23.9. The van der Waals surface area contributed by atoms with Crippen LogP contribution in [0.25, 0.3) is 0 Å². The van der Waals surface area contributed by atoms with Crippen molar-refractivity contribution in [2.24, 2.45) is 0 Å². The number of hydrogen-bond acceptors (Lipinski definition) is 4. The standard InChI is InChI=1S/C11H12FN3O2/c12-8-1-7(2-9(13)3-8)4-15-5-10(16)14-11(17)6-15/h1-3H,4-6,13H2,(H,14,16,17). The number of benzene rings is 1. The summed E-state index contributed by atoms with van der Waals surface area (Å²) in [5, 5.41) is 2.20. The Morgan fingerprint density at radius 3 is 2.47 bits per heavy atom. The van der Waals surface area contributed by atoms with Crippen molar-refractivity contribution >= 4 is 17.5 Å². The van der Waals surface area contributed by atoms with Crippen LogP contribution in [-0.2, 0) is 16.1 Å². The Labute approximate surface area is 97.4 Å². The Bertz CT molecular complexity index is 440. The third kappa shape index (κ3) is 3.01. The lowest BCUT2D eigenvalue weighted by Gasteiger charge is -2.25. The number of anilines is 1. The molecule has 1 fully saturated rings. The molecule has 1 heterocycles. The van der Waals surface area contributed by atoms with E-state index in [9.17, 15) is 14.0 Å². The second kappa shape index (κ2) is 4.50. The van der Waals surface area contributed by atoms with Gasteiger partial charge in [-0.25, -0.2) is 4.39 Å². The van der Waals surface area contributed by atoms with Gasteiger partial charge in [0, 0.05) is 12.2 Å². The van der Waals surface area contributed by atoms with Crippen LogP contribution in [-0.4, -0.2) is 29.8 Å². The average Bonchev–Trinajstić information content (AvgIpc) is 2.13. The number of piperazine rings is 1. The number of nitrogens with zero attached hydrogens (tertiary/aromatic N) is 1. The number of nitrogens with one attached hydrogen (secondary N) is 1. The minimum Gasteiger partial charge on any atom is -0.399 e. The highest BCUT2D eigenvalue weighted by atomic mass is 19.1. The molecule has 0 unspecified atom stereocenters. The van der Waals surface area contributed by atoms with E-state index < -0.39 is 5.82 Å². The predicted octanol–water partition coefficient (Wildman–Crippen LogP) is -0.134. The predicted molar refractivity (Wildman–Crippen MR) is 59.2 cm³/mol. The maximum atomic E-state index is 13.1. The molecule has 0 spiro atoms. The summed E-state index contributed by atoms with van der Waals surface area (Å²) in [5.74, 6) is -1.11. The SMILES string of the molecule is Nc1cc(F)cc(CN2CC(=O)NC(=O)C2)c1. The molecular weight excluding hydrogens is 225 g/mol. The van der Waals surface area contributed by atoms with Crippen LogP contribution in [0.5, 0.6) is 0 Å². The van der Waals surface area contributed by atoms with Crippen LogP contribution in [0.1, 0.15) is 5.56 Å². The van der Waals surface area contributed by atoms with Gasteiger partial charge in [0.2, 0.25) is 11.8 Å². The first-order chi connectivity index (χ1) is 8.02. The van der Waals surface area contributed by atoms with Crippen LogP contribution in [0.3, 0.4) is 0 Å². The number of imide groups is 1. The molecule has 6 heteroatoms. The van der Waals surface area contributed by atoms with Gasteiger partial charge in [-0.05, 0) is 23.8 Å². The Hall–Kier alpha value is -1.95. The lowest BCUT2D eigenvalue weighted by atomic mass is 10.1. The number of carbonyl (C=O) groups is 2. The molecular formula is C11H12FN3O2. The zero-order valence-electron chi connectivity index (χ0n) is 9.07. The van der Waals surface area contributed by atoms with Gasteiger partial charge < -0.3 is 5.73 Å². The van der Waals surface area contributed by atoms with Crippen molar-refractivity contribution in [3.63, 3.8) is 0 Å². The largest absolute Gasteiger partial charge is 0.399 e. The van der Waals surface area contributed by atoms with Crippen molar-refractivity contribution in [1.82, 2.24) is 10.2 Å². The molecule has 1 aromatic rings. The zero-order valence-corrected chi connectivity index (χ0v) is 9.07. The van der Waals surface area contributed by atoms with E-state index in [2.05, 4.69) is 5.32 Å². The second-order valence-corrected chi connectivity index (χ2v) is 4.01. The summed E-state index contributed by atoms with van der Waals surface area (Å²) < 4.78 is 13.1. The molecule has 0 bridgehead atoms. The van der Waals surface area contributed by atoms with Gasteiger partial charge in [-0.1, -0.05) is 0 Å². The van der Waals surface area contributed by atoms with E-state index in [4.69, 9.17) is 5.73 Å². The molecule has 5 nitrogen and oxygen atoms in total. The number of nitrogen functional groups attached to an aromatic ring is 1. The fraction of sp³-hybridized carbons (Fsp3) is 0.273. The van der Waals surface area contributed by atoms with Gasteiger partial charge in [0.25, 0.3) is 0 Å². The molecule has 0 radical (unpaired) electrons. The maximum Gasteiger partial charge on any atom is 0.240 e. The first kappa shape index (κ1) is 11.5. The number of carbonyl (C=O) groups excluding carboxylic acids is 2. The molecule has 0 saturated carbocycles. The molecule has 1 aromatic carbocycles. The lowest BCUT2D eigenvalue weighted by Crippen LogP contribution is -2.50. The minimum absolute atomic E-state index is 0.127. The fourth-order valence-corrected chi connectivity index (χ4v) is 1.83. The van der Waals surface area contributed by atoms with Crippen LogP contribution in [0.15, 0.2) is 18.2 Å². The van der Waals surface area contributed by atoms with E-state index >= 15 is 0 Å². The molecule has 0 atom stereocenters. The normalized spacial score (nSPS) is 17.0. The Kier molecular flexibility index (Phi) is 3.06. The number of rotatable bonds is 2. The van der Waals surface area contributed by atoms with Gasteiger partial charge in [0.15, 0.2) is 0 Å². The summed E-state index contributed by atoms with van der Waals surface area (Å²) in [5.41, 5.74) is 6.48. The van der Waals surface area contributed by atoms with Crippen molar-refractivity contribution in [2.75, 3.05) is 18.8 Å². The van der Waals surface area contributed by atoms with Crippen molar-refractivity contribution < 1.29 is 14.0 Å². The van der Waals surface area contributed by atoms with E-state index in [1.54, 1.807) is 11.0 Å². The first-order valence-electron chi connectivity index (χ1n) is 5.13. The maximum absolute atomic E-state index is 13.1. The quantitative estimate of drug-likeness (QED) is 0.555. The smallest absolute Gasteiger partial charge is 0.240 e. The van der Waals surface area contributed by atoms with Crippen LogP contribution in [0, 0.1) is 5.82 Å². The number of amides is 2. The molecule has 90 valence electrons. The molecule has 0 aromatic heterocycles. The molecule has 1 saturated heterocycles. The summed E-state index contributed by atoms with van der Waals surface area (Å²) in [7, 11) is 0. The monoisotopic (exact) mass is 237 g/mol. The van der Waals surface area contributed by atoms with E-state index in [-0.39, 0.29) is 24.9 Å². The van der Waals surface area contributed by atoms with Crippen molar-refractivity contribution in [1.29, 1.82) is 0 Å². The topological polar surface area (TPSA) is 75.4 Å². The highest BCUT2D eigenvalue weighted by Crippen LogP contribution is 2.13. The Morgan fingerprint density at radius 2 is 1.88 bits per heavy atom. The molecule has 0 aliphatic carbocycles. The number of nitrogens with two attached hydrogens (primary N) is 1.